The molecule has 1 amide bonds. The number of aliphatic carboxylic acids is 1. The Morgan fingerprint density at radius 3 is 2.55 bits per heavy atom. The second-order valence-electron chi connectivity index (χ2n) is 8.90. The minimum Gasteiger partial charge on any atom is -0.493 e. The maximum absolute atomic E-state index is 11.9. The van der Waals surface area contributed by atoms with Crippen LogP contribution in [0, 0.1) is 17.8 Å². The Kier molecular flexibility index (Phi) is 7.64. The molecule has 0 bridgehead atoms. The number of piperidine rings is 1. The molecule has 0 aliphatic carbocycles. The van der Waals surface area contributed by atoms with E-state index in [-0.39, 0.29) is 18.6 Å². The highest BCUT2D eigenvalue weighted by Crippen LogP contribution is 2.45. The van der Waals surface area contributed by atoms with Crippen molar-refractivity contribution in [1.82, 2.24) is 10.2 Å². The van der Waals surface area contributed by atoms with E-state index in [0.29, 0.717) is 11.8 Å². The molecule has 2 N–H and O–H groups in total. The number of alkyl carbamates (subject to hydrolysis) is 1. The molecular formula is C23H34N2O6. The number of amides is 1. The predicted octanol–water partition coefficient (Wildman–Crippen LogP) is 3.10. The number of benzene rings is 1. The molecule has 0 aromatic heterocycles. The highest BCUT2D eigenvalue weighted by molar-refractivity contribution is 5.76. The molecule has 1 aromatic carbocycles. The highest BCUT2D eigenvalue weighted by atomic mass is 16.5. The Balaban J connectivity index is 1.78. The predicted molar refractivity (Wildman–Crippen MR) is 116 cm³/mol. The molecule has 0 unspecified atom stereocenters. The van der Waals surface area contributed by atoms with Gasteiger partial charge in [0.05, 0.1) is 20.8 Å². The lowest BCUT2D eigenvalue weighted by atomic mass is 9.74. The molecule has 0 radical (unpaired) electrons. The van der Waals surface area contributed by atoms with Gasteiger partial charge in [0.15, 0.2) is 11.5 Å². The molecule has 1 aromatic rings. The molecule has 3 rings (SSSR count). The minimum absolute atomic E-state index is 0.207. The molecule has 2 aliphatic heterocycles. The first kappa shape index (κ1) is 23.2. The lowest BCUT2D eigenvalue weighted by Gasteiger charge is -2.47. The lowest BCUT2D eigenvalue weighted by Crippen LogP contribution is -2.47. The zero-order valence-electron chi connectivity index (χ0n) is 18.8. The molecule has 8 heteroatoms. The Bertz CT molecular complexity index is 797. The van der Waals surface area contributed by atoms with Gasteiger partial charge in [0.25, 0.3) is 0 Å². The Labute approximate surface area is 183 Å². The SMILES string of the molecule is COc1cc2c(cc1OC)[C@H]1C[C@@H](COC(=O)NCC(=O)O)[C@H](CC(C)C)CN1CC2. The van der Waals surface area contributed by atoms with Gasteiger partial charge in [0, 0.05) is 19.1 Å². The van der Waals surface area contributed by atoms with Crippen LogP contribution in [0.4, 0.5) is 4.79 Å². The fourth-order valence-corrected chi connectivity index (χ4v) is 4.96. The van der Waals surface area contributed by atoms with Gasteiger partial charge in [-0.25, -0.2) is 4.79 Å². The third-order valence-electron chi connectivity index (χ3n) is 6.36. The zero-order chi connectivity index (χ0) is 22.5. The van der Waals surface area contributed by atoms with E-state index in [9.17, 15) is 9.59 Å². The van der Waals surface area contributed by atoms with Crippen LogP contribution in [0.3, 0.4) is 0 Å². The summed E-state index contributed by atoms with van der Waals surface area (Å²) in [7, 11) is 3.30. The Hall–Kier alpha value is -2.48. The van der Waals surface area contributed by atoms with Gasteiger partial charge in [0.2, 0.25) is 0 Å². The van der Waals surface area contributed by atoms with Crippen LogP contribution < -0.4 is 14.8 Å². The summed E-state index contributed by atoms with van der Waals surface area (Å²) < 4.78 is 16.4. The van der Waals surface area contributed by atoms with Crippen molar-refractivity contribution < 1.29 is 28.9 Å². The fourth-order valence-electron chi connectivity index (χ4n) is 4.96. The smallest absolute Gasteiger partial charge is 0.407 e. The number of nitrogens with zero attached hydrogens (tertiary/aromatic N) is 1. The van der Waals surface area contributed by atoms with Gasteiger partial charge in [-0.2, -0.15) is 0 Å². The number of fused-ring (bicyclic) bond motifs is 3. The van der Waals surface area contributed by atoms with E-state index in [1.807, 2.05) is 0 Å². The summed E-state index contributed by atoms with van der Waals surface area (Å²) in [4.78, 5) is 25.1. The van der Waals surface area contributed by atoms with Crippen molar-refractivity contribution in [3.05, 3.63) is 23.3 Å². The van der Waals surface area contributed by atoms with Gasteiger partial charge >= 0.3 is 12.1 Å². The summed E-state index contributed by atoms with van der Waals surface area (Å²) in [5, 5.41) is 11.0. The van der Waals surface area contributed by atoms with Crippen molar-refractivity contribution in [2.75, 3.05) is 40.5 Å². The van der Waals surface area contributed by atoms with Crippen molar-refractivity contribution in [3.63, 3.8) is 0 Å². The summed E-state index contributed by atoms with van der Waals surface area (Å²) in [6.07, 6.45) is 2.24. The van der Waals surface area contributed by atoms with Gasteiger partial charge in [-0.3, -0.25) is 9.69 Å². The van der Waals surface area contributed by atoms with Gasteiger partial charge in [0.1, 0.15) is 6.54 Å². The Morgan fingerprint density at radius 2 is 1.90 bits per heavy atom. The number of nitrogens with one attached hydrogen (secondary N) is 1. The Morgan fingerprint density at radius 1 is 1.19 bits per heavy atom. The van der Waals surface area contributed by atoms with Crippen LogP contribution in [0.15, 0.2) is 12.1 Å². The first-order valence-corrected chi connectivity index (χ1v) is 10.9. The van der Waals surface area contributed by atoms with Crippen molar-refractivity contribution in [3.8, 4) is 11.5 Å². The number of carbonyl (C=O) groups is 2. The first-order valence-electron chi connectivity index (χ1n) is 10.9. The van der Waals surface area contributed by atoms with Crippen molar-refractivity contribution in [2.24, 2.45) is 17.8 Å². The average molecular weight is 435 g/mol. The standard InChI is InChI=1S/C23H34N2O6/c1-14(2)7-16-12-25-6-5-15-9-20(29-3)21(30-4)10-18(15)19(25)8-17(16)13-31-23(28)24-11-22(26)27/h9-10,14,16-17,19H,5-8,11-13H2,1-4H3,(H,24,28)(H,26,27)/t16-,17+,19-/m1/s1. The van der Waals surface area contributed by atoms with Crippen molar-refractivity contribution in [1.29, 1.82) is 0 Å². The average Bonchev–Trinajstić information content (AvgIpc) is 2.74. The van der Waals surface area contributed by atoms with Crippen LogP contribution in [-0.4, -0.2) is 62.5 Å². The highest BCUT2D eigenvalue weighted by Gasteiger charge is 2.40. The minimum atomic E-state index is -1.09. The summed E-state index contributed by atoms with van der Waals surface area (Å²) >= 11 is 0. The number of hydrogen-bond donors (Lipinski definition) is 2. The van der Waals surface area contributed by atoms with Gasteiger partial charge in [-0.05, 0) is 60.3 Å². The van der Waals surface area contributed by atoms with E-state index in [1.165, 1.54) is 11.1 Å². The molecular weight excluding hydrogens is 400 g/mol. The number of carbonyl (C=O) groups excluding carboxylic acids is 1. The third kappa shape index (κ3) is 5.61. The van der Waals surface area contributed by atoms with Crippen LogP contribution in [0.25, 0.3) is 0 Å². The summed E-state index contributed by atoms with van der Waals surface area (Å²) in [5.74, 6) is 1.56. The number of carboxylic acid groups (broad SMARTS) is 1. The van der Waals surface area contributed by atoms with Crippen LogP contribution in [0.1, 0.15) is 43.9 Å². The van der Waals surface area contributed by atoms with Crippen LogP contribution >= 0.6 is 0 Å². The molecule has 0 spiro atoms. The second-order valence-corrected chi connectivity index (χ2v) is 8.90. The van der Waals surface area contributed by atoms with E-state index in [0.717, 1.165) is 43.9 Å². The third-order valence-corrected chi connectivity index (χ3v) is 6.36. The zero-order valence-corrected chi connectivity index (χ0v) is 18.8. The normalized spacial score (nSPS) is 22.9. The maximum atomic E-state index is 11.9. The van der Waals surface area contributed by atoms with E-state index in [1.54, 1.807) is 14.2 Å². The number of ether oxygens (including phenoxy) is 3. The molecule has 1 saturated heterocycles. The molecule has 172 valence electrons. The van der Waals surface area contributed by atoms with Crippen LogP contribution in [-0.2, 0) is 16.0 Å². The number of hydrogen-bond acceptors (Lipinski definition) is 6. The van der Waals surface area contributed by atoms with E-state index in [2.05, 4.69) is 36.2 Å². The lowest BCUT2D eigenvalue weighted by molar-refractivity contribution is -0.135. The van der Waals surface area contributed by atoms with Gasteiger partial charge in [-0.15, -0.1) is 0 Å². The molecule has 0 saturated carbocycles. The molecule has 8 nitrogen and oxygen atoms in total. The van der Waals surface area contributed by atoms with Crippen molar-refractivity contribution in [2.45, 2.75) is 39.2 Å². The maximum Gasteiger partial charge on any atom is 0.407 e. The van der Waals surface area contributed by atoms with E-state index < -0.39 is 18.6 Å². The van der Waals surface area contributed by atoms with Gasteiger partial charge < -0.3 is 24.6 Å². The fraction of sp³-hybridized carbons (Fsp3) is 0.652. The van der Waals surface area contributed by atoms with Gasteiger partial charge in [-0.1, -0.05) is 13.8 Å². The van der Waals surface area contributed by atoms with E-state index in [4.69, 9.17) is 19.3 Å². The monoisotopic (exact) mass is 434 g/mol. The van der Waals surface area contributed by atoms with Crippen LogP contribution in [0.2, 0.25) is 0 Å². The number of rotatable bonds is 8. The topological polar surface area (TPSA) is 97.3 Å². The molecule has 3 atom stereocenters. The molecule has 2 aliphatic rings. The number of methoxy groups -OCH3 is 2. The second kappa shape index (κ2) is 10.2. The first-order chi connectivity index (χ1) is 14.8. The summed E-state index contributed by atoms with van der Waals surface area (Å²) in [6, 6.07) is 4.41. The molecule has 1 fully saturated rings. The number of carboxylic acids is 1. The molecule has 2 heterocycles. The molecule has 31 heavy (non-hydrogen) atoms. The summed E-state index contributed by atoms with van der Waals surface area (Å²) in [6.45, 7) is 6.23. The quantitative estimate of drug-likeness (QED) is 0.649. The van der Waals surface area contributed by atoms with Crippen LogP contribution in [0.5, 0.6) is 11.5 Å². The largest absolute Gasteiger partial charge is 0.493 e. The van der Waals surface area contributed by atoms with E-state index >= 15 is 0 Å². The van der Waals surface area contributed by atoms with Crippen molar-refractivity contribution >= 4 is 12.1 Å². The summed E-state index contributed by atoms with van der Waals surface area (Å²) in [5.41, 5.74) is 2.53.